The second-order valence-corrected chi connectivity index (χ2v) is 7.07. The number of nitrogens with zero attached hydrogens (tertiary/aromatic N) is 1. The SMILES string of the molecule is COCCNC(=O)[C@@H]1OCC(=O)N(Cc2ccc(OC)cc2OC)[C@H]1c1ccccc1. The van der Waals surface area contributed by atoms with Gasteiger partial charge >= 0.3 is 0 Å². The molecule has 0 spiro atoms. The van der Waals surface area contributed by atoms with Gasteiger partial charge in [-0.2, -0.15) is 0 Å². The maximum absolute atomic E-state index is 12.9. The van der Waals surface area contributed by atoms with Gasteiger partial charge < -0.3 is 29.2 Å². The molecule has 2 aromatic carbocycles. The number of amides is 2. The summed E-state index contributed by atoms with van der Waals surface area (Å²) in [6.07, 6.45) is -0.846. The minimum atomic E-state index is -0.846. The Balaban J connectivity index is 1.94. The summed E-state index contributed by atoms with van der Waals surface area (Å²) in [4.78, 5) is 27.5. The first-order valence-corrected chi connectivity index (χ1v) is 10.0. The molecule has 0 radical (unpaired) electrons. The summed E-state index contributed by atoms with van der Waals surface area (Å²) < 4.78 is 21.5. The van der Waals surface area contributed by atoms with Gasteiger partial charge in [-0.3, -0.25) is 9.59 Å². The lowest BCUT2D eigenvalue weighted by molar-refractivity contribution is -0.165. The molecule has 2 atom stereocenters. The first-order chi connectivity index (χ1) is 15.1. The molecule has 1 aliphatic heterocycles. The predicted octanol–water partition coefficient (Wildman–Crippen LogP) is 1.94. The fourth-order valence-corrected chi connectivity index (χ4v) is 3.61. The molecule has 2 amide bonds. The number of benzene rings is 2. The quantitative estimate of drug-likeness (QED) is 0.615. The molecule has 2 aromatic rings. The number of hydrogen-bond acceptors (Lipinski definition) is 6. The second-order valence-electron chi connectivity index (χ2n) is 7.07. The van der Waals surface area contributed by atoms with Gasteiger partial charge in [0.1, 0.15) is 18.1 Å². The monoisotopic (exact) mass is 428 g/mol. The van der Waals surface area contributed by atoms with Crippen LogP contribution in [-0.2, 0) is 25.6 Å². The standard InChI is InChI=1S/C23H28N2O6/c1-28-12-11-24-23(27)22-21(16-7-5-4-6-8-16)25(20(26)15-31-22)14-17-9-10-18(29-2)13-19(17)30-3/h4-10,13,21-22H,11-12,14-15H2,1-3H3,(H,24,27)/t21-,22+/m0/s1. The number of carbonyl (C=O) groups is 2. The minimum absolute atomic E-state index is 0.176. The largest absolute Gasteiger partial charge is 0.497 e. The number of nitrogens with one attached hydrogen (secondary N) is 1. The van der Waals surface area contributed by atoms with E-state index in [2.05, 4.69) is 5.32 Å². The van der Waals surface area contributed by atoms with E-state index in [1.54, 1.807) is 32.3 Å². The van der Waals surface area contributed by atoms with Gasteiger partial charge in [0.15, 0.2) is 6.10 Å². The molecule has 0 bridgehead atoms. The Bertz CT molecular complexity index is 889. The van der Waals surface area contributed by atoms with Crippen molar-refractivity contribution >= 4 is 11.8 Å². The van der Waals surface area contributed by atoms with Crippen molar-refractivity contribution in [3.8, 4) is 11.5 Å². The van der Waals surface area contributed by atoms with E-state index in [0.717, 1.165) is 11.1 Å². The van der Waals surface area contributed by atoms with Gasteiger partial charge in [0.05, 0.1) is 33.4 Å². The zero-order chi connectivity index (χ0) is 22.2. The smallest absolute Gasteiger partial charge is 0.251 e. The van der Waals surface area contributed by atoms with Crippen molar-refractivity contribution in [3.05, 3.63) is 59.7 Å². The van der Waals surface area contributed by atoms with E-state index in [9.17, 15) is 9.59 Å². The Hall–Kier alpha value is -3.10. The van der Waals surface area contributed by atoms with Crippen LogP contribution in [0, 0.1) is 0 Å². The zero-order valence-corrected chi connectivity index (χ0v) is 18.0. The van der Waals surface area contributed by atoms with Crippen molar-refractivity contribution in [2.45, 2.75) is 18.7 Å². The molecule has 1 fully saturated rings. The lowest BCUT2D eigenvalue weighted by atomic mass is 9.96. The van der Waals surface area contributed by atoms with Crippen molar-refractivity contribution in [3.63, 3.8) is 0 Å². The average molecular weight is 428 g/mol. The molecule has 0 aromatic heterocycles. The summed E-state index contributed by atoms with van der Waals surface area (Å²) in [7, 11) is 4.72. The highest BCUT2D eigenvalue weighted by molar-refractivity contribution is 5.86. The van der Waals surface area contributed by atoms with Crippen LogP contribution in [0.3, 0.4) is 0 Å². The Kier molecular flexibility index (Phi) is 7.86. The van der Waals surface area contributed by atoms with Crippen molar-refractivity contribution < 1.29 is 28.5 Å². The number of carbonyl (C=O) groups excluding carboxylic acids is 2. The summed E-state index contributed by atoms with van der Waals surface area (Å²) in [6.45, 7) is 0.831. The Morgan fingerprint density at radius 2 is 1.90 bits per heavy atom. The summed E-state index contributed by atoms with van der Waals surface area (Å²) in [5, 5.41) is 2.82. The molecule has 1 saturated heterocycles. The highest BCUT2D eigenvalue weighted by atomic mass is 16.5. The molecule has 8 heteroatoms. The molecule has 31 heavy (non-hydrogen) atoms. The van der Waals surface area contributed by atoms with E-state index in [1.165, 1.54) is 0 Å². The van der Waals surface area contributed by atoms with Crippen LogP contribution >= 0.6 is 0 Å². The topological polar surface area (TPSA) is 86.3 Å². The number of methoxy groups -OCH3 is 3. The molecule has 166 valence electrons. The van der Waals surface area contributed by atoms with Gasteiger partial charge in [-0.15, -0.1) is 0 Å². The van der Waals surface area contributed by atoms with E-state index in [4.69, 9.17) is 18.9 Å². The molecule has 1 aliphatic rings. The fourth-order valence-electron chi connectivity index (χ4n) is 3.61. The summed E-state index contributed by atoms with van der Waals surface area (Å²) in [5.41, 5.74) is 1.62. The normalized spacial score (nSPS) is 18.5. The summed E-state index contributed by atoms with van der Waals surface area (Å²) in [6, 6.07) is 14.3. The molecular formula is C23H28N2O6. The number of morpholine rings is 1. The fraction of sp³-hybridized carbons (Fsp3) is 0.391. The third-order valence-electron chi connectivity index (χ3n) is 5.17. The van der Waals surface area contributed by atoms with Crippen LogP contribution < -0.4 is 14.8 Å². The Morgan fingerprint density at radius 1 is 1.13 bits per heavy atom. The third kappa shape index (κ3) is 5.34. The number of rotatable bonds is 9. The average Bonchev–Trinajstić information content (AvgIpc) is 2.81. The first-order valence-electron chi connectivity index (χ1n) is 10.0. The van der Waals surface area contributed by atoms with Gasteiger partial charge in [0.2, 0.25) is 5.91 Å². The lowest BCUT2D eigenvalue weighted by Crippen LogP contribution is -2.54. The van der Waals surface area contributed by atoms with E-state index < -0.39 is 12.1 Å². The highest BCUT2D eigenvalue weighted by Gasteiger charge is 2.41. The van der Waals surface area contributed by atoms with Crippen molar-refractivity contribution in [2.75, 3.05) is 41.1 Å². The summed E-state index contributed by atoms with van der Waals surface area (Å²) >= 11 is 0. The predicted molar refractivity (Wildman–Crippen MR) is 114 cm³/mol. The van der Waals surface area contributed by atoms with Crippen LogP contribution in [0.15, 0.2) is 48.5 Å². The van der Waals surface area contributed by atoms with Crippen molar-refractivity contribution in [2.24, 2.45) is 0 Å². The maximum Gasteiger partial charge on any atom is 0.251 e. The zero-order valence-electron chi connectivity index (χ0n) is 18.0. The van der Waals surface area contributed by atoms with Gasteiger partial charge in [-0.25, -0.2) is 0 Å². The Morgan fingerprint density at radius 3 is 2.58 bits per heavy atom. The first kappa shape index (κ1) is 22.6. The van der Waals surface area contributed by atoms with E-state index >= 15 is 0 Å². The molecular weight excluding hydrogens is 400 g/mol. The van der Waals surface area contributed by atoms with Crippen molar-refractivity contribution in [1.29, 1.82) is 0 Å². The third-order valence-corrected chi connectivity index (χ3v) is 5.17. The van der Waals surface area contributed by atoms with Crippen molar-refractivity contribution in [1.82, 2.24) is 10.2 Å². The molecule has 1 N–H and O–H groups in total. The van der Waals surface area contributed by atoms with Crippen LogP contribution in [0.5, 0.6) is 11.5 Å². The van der Waals surface area contributed by atoms with Gasteiger partial charge in [0, 0.05) is 25.3 Å². The second kappa shape index (κ2) is 10.8. The lowest BCUT2D eigenvalue weighted by Gasteiger charge is -2.40. The molecule has 0 saturated carbocycles. The number of ether oxygens (including phenoxy) is 4. The van der Waals surface area contributed by atoms with Crippen LogP contribution in [0.25, 0.3) is 0 Å². The number of hydrogen-bond donors (Lipinski definition) is 1. The Labute approximate surface area is 182 Å². The minimum Gasteiger partial charge on any atom is -0.497 e. The molecule has 3 rings (SSSR count). The highest BCUT2D eigenvalue weighted by Crippen LogP contribution is 2.34. The molecule has 0 unspecified atom stereocenters. The molecule has 0 aliphatic carbocycles. The van der Waals surface area contributed by atoms with E-state index in [0.29, 0.717) is 24.7 Å². The van der Waals surface area contributed by atoms with Crippen LogP contribution in [0.2, 0.25) is 0 Å². The van der Waals surface area contributed by atoms with E-state index in [-0.39, 0.29) is 25.0 Å². The molecule has 8 nitrogen and oxygen atoms in total. The maximum atomic E-state index is 12.9. The van der Waals surface area contributed by atoms with Crippen LogP contribution in [0.4, 0.5) is 0 Å². The van der Waals surface area contributed by atoms with Crippen LogP contribution in [-0.4, -0.2) is 63.9 Å². The molecule has 1 heterocycles. The van der Waals surface area contributed by atoms with Gasteiger partial charge in [-0.1, -0.05) is 30.3 Å². The van der Waals surface area contributed by atoms with Crippen LogP contribution in [0.1, 0.15) is 17.2 Å². The summed E-state index contributed by atoms with van der Waals surface area (Å²) in [5.74, 6) is 0.772. The van der Waals surface area contributed by atoms with Gasteiger partial charge in [-0.05, 0) is 17.7 Å². The van der Waals surface area contributed by atoms with E-state index in [1.807, 2.05) is 42.5 Å². The van der Waals surface area contributed by atoms with Gasteiger partial charge in [0.25, 0.3) is 5.91 Å².